The quantitative estimate of drug-likeness (QED) is 0.874. The molecule has 122 valence electrons. The Kier molecular flexibility index (Phi) is 4.86. The van der Waals surface area contributed by atoms with Gasteiger partial charge in [-0.1, -0.05) is 11.8 Å². The van der Waals surface area contributed by atoms with Crippen LogP contribution in [0.2, 0.25) is 0 Å². The summed E-state index contributed by atoms with van der Waals surface area (Å²) in [7, 11) is 1.64. The average Bonchev–Trinajstić information content (AvgIpc) is 3.46. The van der Waals surface area contributed by atoms with E-state index in [0.717, 1.165) is 16.9 Å². The Morgan fingerprint density at radius 2 is 1.58 bits per heavy atom. The van der Waals surface area contributed by atoms with Gasteiger partial charge in [-0.2, -0.15) is 0 Å². The minimum absolute atomic E-state index is 0.0101. The smallest absolute Gasteiger partial charge is 0.251 e. The molecule has 0 aliphatic heterocycles. The molecule has 0 heterocycles. The van der Waals surface area contributed by atoms with E-state index in [-0.39, 0.29) is 11.9 Å². The van der Waals surface area contributed by atoms with Crippen molar-refractivity contribution in [1.29, 1.82) is 0 Å². The van der Waals surface area contributed by atoms with Crippen molar-refractivity contribution in [1.82, 2.24) is 5.32 Å². The first-order valence-corrected chi connectivity index (χ1v) is 8.23. The van der Waals surface area contributed by atoms with Gasteiger partial charge >= 0.3 is 0 Å². The predicted octanol–water partition coefficient (Wildman–Crippen LogP) is 3.62. The van der Waals surface area contributed by atoms with Crippen LogP contribution in [0.25, 0.3) is 0 Å². The van der Waals surface area contributed by atoms with E-state index in [0.29, 0.717) is 11.5 Å². The monoisotopic (exact) mass is 319 g/mol. The second-order valence-electron chi connectivity index (χ2n) is 6.16. The van der Waals surface area contributed by atoms with E-state index in [1.54, 1.807) is 7.11 Å². The molecular weight excluding hydrogens is 298 g/mol. The zero-order valence-electron chi connectivity index (χ0n) is 14.0. The third-order valence-corrected chi connectivity index (χ3v) is 4.28. The van der Waals surface area contributed by atoms with Crippen molar-refractivity contribution in [2.24, 2.45) is 5.92 Å². The lowest BCUT2D eigenvalue weighted by atomic mass is 10.1. The Morgan fingerprint density at radius 1 is 1.04 bits per heavy atom. The Balaban J connectivity index is 1.63. The van der Waals surface area contributed by atoms with E-state index in [9.17, 15) is 4.79 Å². The maximum atomic E-state index is 12.2. The Morgan fingerprint density at radius 3 is 2.08 bits per heavy atom. The summed E-state index contributed by atoms with van der Waals surface area (Å²) in [6.07, 6.45) is 2.45. The highest BCUT2D eigenvalue weighted by Crippen LogP contribution is 2.32. The van der Waals surface area contributed by atoms with Crippen molar-refractivity contribution in [3.63, 3.8) is 0 Å². The number of methoxy groups -OCH3 is 1. The van der Waals surface area contributed by atoms with Gasteiger partial charge in [-0.3, -0.25) is 4.79 Å². The first-order chi connectivity index (χ1) is 11.7. The molecule has 24 heavy (non-hydrogen) atoms. The fourth-order valence-corrected chi connectivity index (χ4v) is 2.53. The Bertz CT molecular complexity index is 762. The molecular formula is C21H21NO2. The van der Waals surface area contributed by atoms with Crippen molar-refractivity contribution in [3.8, 4) is 17.6 Å². The Hall–Kier alpha value is -2.73. The summed E-state index contributed by atoms with van der Waals surface area (Å²) in [5.74, 6) is 7.68. The van der Waals surface area contributed by atoms with Gasteiger partial charge in [0.25, 0.3) is 5.91 Å². The zero-order chi connectivity index (χ0) is 16.9. The summed E-state index contributed by atoms with van der Waals surface area (Å²) in [5.41, 5.74) is 2.49. The van der Waals surface area contributed by atoms with Gasteiger partial charge in [-0.25, -0.2) is 0 Å². The SMILES string of the molecule is COc1ccc(C#Cc2ccc(C(=O)N[C@H](C)C3CC3)cc2)cc1. The fraction of sp³-hybridized carbons (Fsp3) is 0.286. The number of carbonyl (C=O) groups excluding carboxylic acids is 1. The van der Waals surface area contributed by atoms with Gasteiger partial charge in [0.1, 0.15) is 5.75 Å². The predicted molar refractivity (Wildman–Crippen MR) is 95.1 cm³/mol. The molecule has 0 saturated heterocycles. The minimum Gasteiger partial charge on any atom is -0.497 e. The molecule has 0 aromatic heterocycles. The molecule has 0 spiro atoms. The standard InChI is InChI=1S/C21H21NO2/c1-15(18-11-12-18)22-21(23)19-9-5-16(6-10-19)3-4-17-7-13-20(24-2)14-8-17/h5-10,13-15,18H,11-12H2,1-2H3,(H,22,23)/t15-/m1/s1. The molecule has 3 nitrogen and oxygen atoms in total. The van der Waals surface area contributed by atoms with Gasteiger partial charge in [0.15, 0.2) is 0 Å². The maximum Gasteiger partial charge on any atom is 0.251 e. The third kappa shape index (κ3) is 4.17. The molecule has 1 fully saturated rings. The second-order valence-corrected chi connectivity index (χ2v) is 6.16. The number of hydrogen-bond acceptors (Lipinski definition) is 2. The van der Waals surface area contributed by atoms with Crippen molar-refractivity contribution < 1.29 is 9.53 Å². The van der Waals surface area contributed by atoms with Crippen molar-refractivity contribution in [2.45, 2.75) is 25.8 Å². The van der Waals surface area contributed by atoms with Gasteiger partial charge in [0, 0.05) is 22.7 Å². The molecule has 1 aliphatic carbocycles. The molecule has 1 N–H and O–H groups in total. The lowest BCUT2D eigenvalue weighted by Gasteiger charge is -2.12. The number of rotatable bonds is 4. The van der Waals surface area contributed by atoms with Crippen LogP contribution in [0, 0.1) is 17.8 Å². The molecule has 2 aromatic rings. The fourth-order valence-electron chi connectivity index (χ4n) is 2.53. The lowest BCUT2D eigenvalue weighted by molar-refractivity contribution is 0.0936. The largest absolute Gasteiger partial charge is 0.497 e. The van der Waals surface area contributed by atoms with Crippen LogP contribution in [0.5, 0.6) is 5.75 Å². The van der Waals surface area contributed by atoms with Crippen LogP contribution in [0.15, 0.2) is 48.5 Å². The number of benzene rings is 2. The molecule has 0 radical (unpaired) electrons. The minimum atomic E-state index is -0.0101. The van der Waals surface area contributed by atoms with E-state index in [2.05, 4.69) is 24.1 Å². The highest BCUT2D eigenvalue weighted by Gasteiger charge is 2.28. The molecule has 0 unspecified atom stereocenters. The number of amides is 1. The van der Waals surface area contributed by atoms with E-state index in [4.69, 9.17) is 4.74 Å². The van der Waals surface area contributed by atoms with Gasteiger partial charge < -0.3 is 10.1 Å². The topological polar surface area (TPSA) is 38.3 Å². The third-order valence-electron chi connectivity index (χ3n) is 4.28. The van der Waals surface area contributed by atoms with Crippen LogP contribution in [0.4, 0.5) is 0 Å². The highest BCUT2D eigenvalue weighted by atomic mass is 16.5. The normalized spacial score (nSPS) is 14.2. The number of carbonyl (C=O) groups is 1. The van der Waals surface area contributed by atoms with E-state index < -0.39 is 0 Å². The van der Waals surface area contributed by atoms with Gasteiger partial charge in [-0.15, -0.1) is 0 Å². The van der Waals surface area contributed by atoms with E-state index >= 15 is 0 Å². The first-order valence-electron chi connectivity index (χ1n) is 8.23. The second kappa shape index (κ2) is 7.23. The molecule has 1 aliphatic rings. The highest BCUT2D eigenvalue weighted by molar-refractivity contribution is 5.94. The van der Waals surface area contributed by atoms with Crippen molar-refractivity contribution in [3.05, 3.63) is 65.2 Å². The van der Waals surface area contributed by atoms with Crippen LogP contribution in [-0.2, 0) is 0 Å². The van der Waals surface area contributed by atoms with E-state index in [1.165, 1.54) is 12.8 Å². The van der Waals surface area contributed by atoms with Crippen LogP contribution < -0.4 is 10.1 Å². The molecule has 0 bridgehead atoms. The summed E-state index contributed by atoms with van der Waals surface area (Å²) in [4.78, 5) is 12.2. The van der Waals surface area contributed by atoms with Crippen LogP contribution in [-0.4, -0.2) is 19.1 Å². The molecule has 1 atom stereocenters. The number of hydrogen-bond donors (Lipinski definition) is 1. The van der Waals surface area contributed by atoms with Crippen LogP contribution >= 0.6 is 0 Å². The van der Waals surface area contributed by atoms with Gasteiger partial charge in [0.2, 0.25) is 0 Å². The summed E-state index contributed by atoms with van der Waals surface area (Å²) in [6, 6.07) is 15.3. The lowest BCUT2D eigenvalue weighted by Crippen LogP contribution is -2.33. The van der Waals surface area contributed by atoms with Gasteiger partial charge in [0.05, 0.1) is 7.11 Å². The number of nitrogens with one attached hydrogen (secondary N) is 1. The maximum absolute atomic E-state index is 12.2. The van der Waals surface area contributed by atoms with Crippen LogP contribution in [0.3, 0.4) is 0 Å². The summed E-state index contributed by atoms with van der Waals surface area (Å²) < 4.78 is 5.13. The summed E-state index contributed by atoms with van der Waals surface area (Å²) in [5, 5.41) is 3.06. The van der Waals surface area contributed by atoms with Crippen molar-refractivity contribution >= 4 is 5.91 Å². The summed E-state index contributed by atoms with van der Waals surface area (Å²) >= 11 is 0. The first kappa shape index (κ1) is 16.1. The average molecular weight is 319 g/mol. The zero-order valence-corrected chi connectivity index (χ0v) is 14.0. The van der Waals surface area contributed by atoms with Crippen LogP contribution in [0.1, 0.15) is 41.3 Å². The van der Waals surface area contributed by atoms with Crippen molar-refractivity contribution in [2.75, 3.05) is 7.11 Å². The summed E-state index contributed by atoms with van der Waals surface area (Å²) in [6.45, 7) is 2.07. The molecule has 1 saturated carbocycles. The van der Waals surface area contributed by atoms with E-state index in [1.807, 2.05) is 48.5 Å². The molecule has 2 aromatic carbocycles. The Labute approximate surface area is 143 Å². The number of ether oxygens (including phenoxy) is 1. The molecule has 3 rings (SSSR count). The van der Waals surface area contributed by atoms with Gasteiger partial charge in [-0.05, 0) is 74.2 Å². The molecule has 3 heteroatoms. The molecule has 1 amide bonds.